The number of hydrogen-bond acceptors (Lipinski definition) is 5. The molecule has 0 saturated carbocycles. The number of rotatable bonds is 5. The summed E-state index contributed by atoms with van der Waals surface area (Å²) in [6.45, 7) is 0.880. The fraction of sp³-hybridized carbons (Fsp3) is 0.333. The summed E-state index contributed by atoms with van der Waals surface area (Å²) < 4.78 is 6.33. The number of hydrogen-bond donors (Lipinski definition) is 1. The first-order chi connectivity index (χ1) is 8.72. The van der Waals surface area contributed by atoms with Crippen LogP contribution in [-0.4, -0.2) is 23.5 Å². The van der Waals surface area contributed by atoms with E-state index >= 15 is 0 Å². The molecule has 5 nitrogen and oxygen atoms in total. The van der Waals surface area contributed by atoms with Crippen molar-refractivity contribution < 1.29 is 4.74 Å². The van der Waals surface area contributed by atoms with Gasteiger partial charge < -0.3 is 10.5 Å². The Balaban J connectivity index is 2.26. The summed E-state index contributed by atoms with van der Waals surface area (Å²) in [5.74, 6) is 0. The highest BCUT2D eigenvalue weighted by molar-refractivity contribution is 7.10. The van der Waals surface area contributed by atoms with Crippen LogP contribution in [-0.2, 0) is 11.3 Å². The van der Waals surface area contributed by atoms with Gasteiger partial charge in [0.1, 0.15) is 0 Å². The van der Waals surface area contributed by atoms with E-state index in [1.807, 2.05) is 17.5 Å². The second-order valence-corrected chi connectivity index (χ2v) is 4.78. The second kappa shape index (κ2) is 5.90. The van der Waals surface area contributed by atoms with Gasteiger partial charge in [0.25, 0.3) is 5.56 Å². The molecule has 0 aliphatic heterocycles. The van der Waals surface area contributed by atoms with E-state index in [0.717, 1.165) is 4.88 Å². The third-order valence-electron chi connectivity index (χ3n) is 2.56. The Labute approximate surface area is 109 Å². The zero-order valence-corrected chi connectivity index (χ0v) is 10.9. The molecule has 18 heavy (non-hydrogen) atoms. The fourth-order valence-corrected chi connectivity index (χ4v) is 2.32. The van der Waals surface area contributed by atoms with E-state index in [1.54, 1.807) is 24.5 Å². The number of methoxy groups -OCH3 is 1. The quantitative estimate of drug-likeness (QED) is 0.875. The minimum absolute atomic E-state index is 0.144. The van der Waals surface area contributed by atoms with Crippen molar-refractivity contribution in [2.75, 3.05) is 13.7 Å². The predicted molar refractivity (Wildman–Crippen MR) is 70.7 cm³/mol. The smallest absolute Gasteiger partial charge is 0.266 e. The van der Waals surface area contributed by atoms with Crippen LogP contribution >= 0.6 is 11.3 Å². The van der Waals surface area contributed by atoms with Gasteiger partial charge in [-0.2, -0.15) is 5.10 Å². The van der Waals surface area contributed by atoms with E-state index in [0.29, 0.717) is 18.8 Å². The van der Waals surface area contributed by atoms with Gasteiger partial charge in [0, 0.05) is 18.1 Å². The average molecular weight is 265 g/mol. The molecule has 2 heterocycles. The molecule has 0 amide bonds. The molecule has 2 rings (SSSR count). The van der Waals surface area contributed by atoms with Crippen LogP contribution in [0.1, 0.15) is 16.6 Å². The lowest BCUT2D eigenvalue weighted by molar-refractivity contribution is 0.181. The van der Waals surface area contributed by atoms with Gasteiger partial charge in [-0.05, 0) is 17.5 Å². The van der Waals surface area contributed by atoms with Gasteiger partial charge in [0.2, 0.25) is 0 Å². The zero-order valence-electron chi connectivity index (χ0n) is 10.1. The topological polar surface area (TPSA) is 70.1 Å². The SMILES string of the molecule is COCCn1nc(C(N)c2cccs2)ccc1=O. The Bertz CT molecular complexity index is 551. The van der Waals surface area contributed by atoms with Crippen LogP contribution in [0.15, 0.2) is 34.4 Å². The van der Waals surface area contributed by atoms with Crippen LogP contribution < -0.4 is 11.3 Å². The summed E-state index contributed by atoms with van der Waals surface area (Å²) in [7, 11) is 1.59. The van der Waals surface area contributed by atoms with E-state index in [1.165, 1.54) is 10.7 Å². The molecule has 1 atom stereocenters. The minimum atomic E-state index is -0.292. The van der Waals surface area contributed by atoms with Crippen LogP contribution in [0, 0.1) is 0 Å². The van der Waals surface area contributed by atoms with Crippen molar-refractivity contribution in [3.63, 3.8) is 0 Å². The lowest BCUT2D eigenvalue weighted by Gasteiger charge is -2.11. The Kier molecular flexibility index (Phi) is 4.24. The average Bonchev–Trinajstić information content (AvgIpc) is 2.91. The van der Waals surface area contributed by atoms with E-state index in [9.17, 15) is 4.79 Å². The lowest BCUT2D eigenvalue weighted by Crippen LogP contribution is -2.27. The van der Waals surface area contributed by atoms with Gasteiger partial charge >= 0.3 is 0 Å². The Morgan fingerprint density at radius 1 is 1.50 bits per heavy atom. The summed E-state index contributed by atoms with van der Waals surface area (Å²) in [6, 6.07) is 6.78. The van der Waals surface area contributed by atoms with Gasteiger partial charge in [0.05, 0.1) is 24.9 Å². The first-order valence-corrected chi connectivity index (χ1v) is 6.46. The van der Waals surface area contributed by atoms with Crippen molar-refractivity contribution in [2.45, 2.75) is 12.6 Å². The van der Waals surface area contributed by atoms with E-state index < -0.39 is 0 Å². The van der Waals surface area contributed by atoms with E-state index in [4.69, 9.17) is 10.5 Å². The summed E-state index contributed by atoms with van der Waals surface area (Å²) in [5.41, 5.74) is 6.65. The van der Waals surface area contributed by atoms with Gasteiger partial charge in [0.15, 0.2) is 0 Å². The van der Waals surface area contributed by atoms with Crippen LogP contribution in [0.5, 0.6) is 0 Å². The van der Waals surface area contributed by atoms with Gasteiger partial charge in [-0.15, -0.1) is 11.3 Å². The first-order valence-electron chi connectivity index (χ1n) is 5.58. The number of thiophene rings is 1. The van der Waals surface area contributed by atoms with Crippen LogP contribution in [0.2, 0.25) is 0 Å². The van der Waals surface area contributed by atoms with Gasteiger partial charge in [-0.25, -0.2) is 4.68 Å². The standard InChI is InChI=1S/C12H15N3O2S/c1-17-7-6-15-11(16)5-4-9(14-15)12(13)10-3-2-8-18-10/h2-5,8,12H,6-7,13H2,1H3. The van der Waals surface area contributed by atoms with Crippen LogP contribution in [0.3, 0.4) is 0 Å². The molecule has 2 N–H and O–H groups in total. The molecule has 6 heteroatoms. The summed E-state index contributed by atoms with van der Waals surface area (Å²) >= 11 is 1.58. The van der Waals surface area contributed by atoms with Crippen LogP contribution in [0.25, 0.3) is 0 Å². The van der Waals surface area contributed by atoms with Crippen molar-refractivity contribution >= 4 is 11.3 Å². The molecular formula is C12H15N3O2S. The van der Waals surface area contributed by atoms with Crippen molar-refractivity contribution in [1.29, 1.82) is 0 Å². The molecule has 0 spiro atoms. The second-order valence-electron chi connectivity index (χ2n) is 3.81. The van der Waals surface area contributed by atoms with Crippen molar-refractivity contribution in [3.05, 3.63) is 50.6 Å². The summed E-state index contributed by atoms with van der Waals surface area (Å²) in [6.07, 6.45) is 0. The molecule has 0 aliphatic rings. The number of nitrogens with zero attached hydrogens (tertiary/aromatic N) is 2. The maximum atomic E-state index is 11.6. The third kappa shape index (κ3) is 2.84. The summed E-state index contributed by atoms with van der Waals surface area (Å²) in [5, 5.41) is 6.24. The monoisotopic (exact) mass is 265 g/mol. The molecule has 0 bridgehead atoms. The molecule has 96 valence electrons. The maximum Gasteiger partial charge on any atom is 0.266 e. The Morgan fingerprint density at radius 3 is 3.00 bits per heavy atom. The highest BCUT2D eigenvalue weighted by Crippen LogP contribution is 2.21. The molecule has 2 aromatic rings. The molecule has 0 fully saturated rings. The number of aromatic nitrogens is 2. The van der Waals surface area contributed by atoms with E-state index in [-0.39, 0.29) is 11.6 Å². The summed E-state index contributed by atoms with van der Waals surface area (Å²) in [4.78, 5) is 12.6. The first kappa shape index (κ1) is 12.9. The van der Waals surface area contributed by atoms with Crippen molar-refractivity contribution in [3.8, 4) is 0 Å². The molecule has 0 saturated heterocycles. The van der Waals surface area contributed by atoms with E-state index in [2.05, 4.69) is 5.10 Å². The van der Waals surface area contributed by atoms with Crippen LogP contribution in [0.4, 0.5) is 0 Å². The highest BCUT2D eigenvalue weighted by Gasteiger charge is 2.12. The highest BCUT2D eigenvalue weighted by atomic mass is 32.1. The molecule has 1 unspecified atom stereocenters. The molecule has 0 aromatic carbocycles. The maximum absolute atomic E-state index is 11.6. The van der Waals surface area contributed by atoms with Crippen molar-refractivity contribution in [1.82, 2.24) is 9.78 Å². The molecule has 0 aliphatic carbocycles. The normalized spacial score (nSPS) is 12.6. The zero-order chi connectivity index (χ0) is 13.0. The molecule has 0 radical (unpaired) electrons. The van der Waals surface area contributed by atoms with Gasteiger partial charge in [-0.3, -0.25) is 4.79 Å². The number of nitrogens with two attached hydrogens (primary N) is 1. The predicted octanol–water partition coefficient (Wildman–Crippen LogP) is 0.999. The molecular weight excluding hydrogens is 250 g/mol. The molecule has 2 aromatic heterocycles. The Hall–Kier alpha value is -1.50. The Morgan fingerprint density at radius 2 is 2.33 bits per heavy atom. The fourth-order valence-electron chi connectivity index (χ4n) is 1.58. The largest absolute Gasteiger partial charge is 0.383 e. The minimum Gasteiger partial charge on any atom is -0.383 e. The number of ether oxygens (including phenoxy) is 1. The van der Waals surface area contributed by atoms with Crippen molar-refractivity contribution in [2.24, 2.45) is 5.73 Å². The van der Waals surface area contributed by atoms with Gasteiger partial charge in [-0.1, -0.05) is 6.07 Å². The lowest BCUT2D eigenvalue weighted by atomic mass is 10.2. The third-order valence-corrected chi connectivity index (χ3v) is 3.52.